The zero-order valence-electron chi connectivity index (χ0n) is 16.4. The van der Waals surface area contributed by atoms with Gasteiger partial charge >= 0.3 is 0 Å². The summed E-state index contributed by atoms with van der Waals surface area (Å²) in [6.45, 7) is 3.07. The van der Waals surface area contributed by atoms with Crippen LogP contribution in [0.5, 0.6) is 0 Å². The lowest BCUT2D eigenvalue weighted by Gasteiger charge is -2.37. The Balaban J connectivity index is 1.69. The summed E-state index contributed by atoms with van der Waals surface area (Å²) in [5, 5.41) is 0. The number of benzene rings is 1. The monoisotopic (exact) mass is 403 g/mol. The molecule has 0 saturated carbocycles. The van der Waals surface area contributed by atoms with Gasteiger partial charge in [-0.1, -0.05) is 30.3 Å². The molecule has 1 aromatic heterocycles. The molecule has 2 aliphatic rings. The predicted molar refractivity (Wildman–Crippen MR) is 110 cm³/mol. The number of aromatic nitrogens is 1. The Kier molecular flexibility index (Phi) is 5.85. The van der Waals surface area contributed by atoms with Crippen LogP contribution in [0.25, 0.3) is 0 Å². The van der Waals surface area contributed by atoms with E-state index in [4.69, 9.17) is 4.74 Å². The molecule has 4 rings (SSSR count). The highest BCUT2D eigenvalue weighted by Crippen LogP contribution is 2.36. The van der Waals surface area contributed by atoms with Crippen molar-refractivity contribution in [1.82, 2.24) is 4.98 Å². The molecule has 1 N–H and O–H groups in total. The Morgan fingerprint density at radius 2 is 1.83 bits per heavy atom. The highest BCUT2D eigenvalue weighted by molar-refractivity contribution is 5.56. The van der Waals surface area contributed by atoms with E-state index in [2.05, 4.69) is 9.88 Å². The highest BCUT2D eigenvalue weighted by atomic mass is 19.3. The van der Waals surface area contributed by atoms with Gasteiger partial charge in [-0.2, -0.15) is 0 Å². The molecule has 29 heavy (non-hydrogen) atoms. The number of hydrogen-bond acceptors (Lipinski definition) is 4. The van der Waals surface area contributed by atoms with E-state index in [1.54, 1.807) is 4.90 Å². The number of H-pyrrole nitrogens is 1. The van der Waals surface area contributed by atoms with Gasteiger partial charge in [-0.25, -0.2) is 8.78 Å². The van der Waals surface area contributed by atoms with Crippen LogP contribution in [0.1, 0.15) is 24.8 Å². The Bertz CT molecular complexity index is 866. The van der Waals surface area contributed by atoms with Crippen LogP contribution < -0.4 is 15.4 Å². The van der Waals surface area contributed by atoms with Crippen LogP contribution in [0, 0.1) is 0 Å². The number of halogens is 2. The molecular formula is C22H27F2N3O2. The van der Waals surface area contributed by atoms with Crippen LogP contribution in [0.4, 0.5) is 20.3 Å². The second kappa shape index (κ2) is 8.53. The van der Waals surface area contributed by atoms with Crippen molar-refractivity contribution < 1.29 is 13.5 Å². The van der Waals surface area contributed by atoms with E-state index in [-0.39, 0.29) is 18.4 Å². The number of hydrogen-bond donors (Lipinski definition) is 1. The maximum Gasteiger partial charge on any atom is 0.268 e. The lowest BCUT2D eigenvalue weighted by atomic mass is 9.97. The minimum absolute atomic E-state index is 0.131. The molecule has 2 saturated heterocycles. The summed E-state index contributed by atoms with van der Waals surface area (Å²) >= 11 is 0. The number of alkyl halides is 2. The van der Waals surface area contributed by atoms with Crippen LogP contribution in [0.2, 0.25) is 0 Å². The predicted octanol–water partition coefficient (Wildman–Crippen LogP) is 3.45. The molecule has 0 bridgehead atoms. The molecule has 2 aromatic rings. The van der Waals surface area contributed by atoms with Crippen LogP contribution >= 0.6 is 0 Å². The van der Waals surface area contributed by atoms with Gasteiger partial charge in [0, 0.05) is 43.9 Å². The number of nitrogens with zero attached hydrogens (tertiary/aromatic N) is 2. The van der Waals surface area contributed by atoms with E-state index >= 15 is 8.78 Å². The van der Waals surface area contributed by atoms with Gasteiger partial charge in [0.05, 0.1) is 19.3 Å². The third kappa shape index (κ3) is 4.61. The maximum absolute atomic E-state index is 15.1. The van der Waals surface area contributed by atoms with Crippen molar-refractivity contribution in [2.45, 2.75) is 37.6 Å². The Hall–Kier alpha value is -2.41. The minimum atomic E-state index is -2.84. The van der Waals surface area contributed by atoms with Crippen LogP contribution in [-0.4, -0.2) is 49.8 Å². The van der Waals surface area contributed by atoms with Crippen molar-refractivity contribution >= 4 is 11.5 Å². The van der Waals surface area contributed by atoms with Gasteiger partial charge in [0.2, 0.25) is 0 Å². The Labute approximate surface area is 169 Å². The second-order valence-corrected chi connectivity index (χ2v) is 7.80. The molecule has 3 heterocycles. The zero-order valence-corrected chi connectivity index (χ0v) is 16.4. The van der Waals surface area contributed by atoms with Crippen molar-refractivity contribution in [3.63, 3.8) is 0 Å². The number of morpholine rings is 1. The first-order chi connectivity index (χ1) is 14.0. The lowest BCUT2D eigenvalue weighted by Crippen LogP contribution is -2.49. The minimum Gasteiger partial charge on any atom is -0.378 e. The van der Waals surface area contributed by atoms with Crippen molar-refractivity contribution in [2.75, 3.05) is 42.6 Å². The molecule has 1 atom stereocenters. The fourth-order valence-corrected chi connectivity index (χ4v) is 4.25. The number of ether oxygens (including phenoxy) is 1. The highest BCUT2D eigenvalue weighted by Gasteiger charge is 2.44. The normalized spacial score (nSPS) is 22.3. The van der Waals surface area contributed by atoms with Gasteiger partial charge < -0.3 is 19.5 Å². The van der Waals surface area contributed by atoms with Gasteiger partial charge in [0.25, 0.3) is 11.5 Å². The molecular weight excluding hydrogens is 376 g/mol. The van der Waals surface area contributed by atoms with E-state index in [1.165, 1.54) is 6.07 Å². The second-order valence-electron chi connectivity index (χ2n) is 7.80. The molecule has 0 unspecified atom stereocenters. The molecule has 156 valence electrons. The lowest BCUT2D eigenvalue weighted by molar-refractivity contribution is -0.0315. The summed E-state index contributed by atoms with van der Waals surface area (Å²) in [5.74, 6) is -2.36. The quantitative estimate of drug-likeness (QED) is 0.850. The summed E-state index contributed by atoms with van der Waals surface area (Å²) in [6.07, 6.45) is 1.25. The van der Waals surface area contributed by atoms with E-state index in [1.807, 2.05) is 36.4 Å². The molecule has 0 spiro atoms. The van der Waals surface area contributed by atoms with Crippen molar-refractivity contribution in [1.29, 1.82) is 0 Å². The van der Waals surface area contributed by atoms with Gasteiger partial charge in [-0.15, -0.1) is 0 Å². The van der Waals surface area contributed by atoms with Gasteiger partial charge in [0.1, 0.15) is 5.82 Å². The molecule has 2 fully saturated rings. The van der Waals surface area contributed by atoms with E-state index in [9.17, 15) is 4.79 Å². The SMILES string of the molecule is O=c1cc(N2CCOCC2)cc(N2CCCCC(F)(F)[C@H]2Cc2ccccc2)[nH]1. The topological polar surface area (TPSA) is 48.6 Å². The first kappa shape index (κ1) is 19.9. The molecule has 7 heteroatoms. The average Bonchev–Trinajstić information content (AvgIpc) is 2.87. The van der Waals surface area contributed by atoms with Gasteiger partial charge in [-0.05, 0) is 24.8 Å². The summed E-state index contributed by atoms with van der Waals surface area (Å²) in [7, 11) is 0. The largest absolute Gasteiger partial charge is 0.378 e. The molecule has 2 aliphatic heterocycles. The number of pyridine rings is 1. The van der Waals surface area contributed by atoms with Crippen LogP contribution in [-0.2, 0) is 11.2 Å². The molecule has 0 radical (unpaired) electrons. The zero-order chi connectivity index (χ0) is 20.3. The summed E-state index contributed by atoms with van der Waals surface area (Å²) in [6, 6.07) is 11.8. The van der Waals surface area contributed by atoms with Crippen LogP contribution in [0.3, 0.4) is 0 Å². The standard InChI is InChI=1S/C22H27F2N3O2/c23-22(24)8-4-5-9-27(19(22)14-17-6-2-1-3-7-17)20-15-18(16-21(28)25-20)26-10-12-29-13-11-26/h1-3,6-7,15-16,19H,4-5,8-14H2,(H,25,28)/t19-/m1/s1. The third-order valence-electron chi connectivity index (χ3n) is 5.80. The summed E-state index contributed by atoms with van der Waals surface area (Å²) in [4.78, 5) is 19.0. The Morgan fingerprint density at radius 1 is 1.07 bits per heavy atom. The van der Waals surface area contributed by atoms with Crippen molar-refractivity contribution in [2.24, 2.45) is 0 Å². The van der Waals surface area contributed by atoms with Crippen LogP contribution in [0.15, 0.2) is 47.3 Å². The molecule has 5 nitrogen and oxygen atoms in total. The van der Waals surface area contributed by atoms with Gasteiger partial charge in [-0.3, -0.25) is 4.79 Å². The smallest absolute Gasteiger partial charge is 0.268 e. The first-order valence-electron chi connectivity index (χ1n) is 10.3. The average molecular weight is 403 g/mol. The maximum atomic E-state index is 15.1. The summed E-state index contributed by atoms with van der Waals surface area (Å²) < 4.78 is 35.7. The third-order valence-corrected chi connectivity index (χ3v) is 5.80. The first-order valence-corrected chi connectivity index (χ1v) is 10.3. The summed E-state index contributed by atoms with van der Waals surface area (Å²) in [5.41, 5.74) is 1.36. The molecule has 1 aromatic carbocycles. The van der Waals surface area contributed by atoms with Crippen molar-refractivity contribution in [3.8, 4) is 0 Å². The Morgan fingerprint density at radius 3 is 2.59 bits per heavy atom. The molecule has 0 aliphatic carbocycles. The number of aromatic amines is 1. The fraction of sp³-hybridized carbons (Fsp3) is 0.500. The number of nitrogens with one attached hydrogen (secondary N) is 1. The number of rotatable bonds is 4. The van der Waals surface area contributed by atoms with E-state index in [0.717, 1.165) is 11.3 Å². The van der Waals surface area contributed by atoms with E-state index < -0.39 is 12.0 Å². The van der Waals surface area contributed by atoms with Gasteiger partial charge in [0.15, 0.2) is 0 Å². The fourth-order valence-electron chi connectivity index (χ4n) is 4.25. The van der Waals surface area contributed by atoms with E-state index in [0.29, 0.717) is 51.5 Å². The van der Waals surface area contributed by atoms with Crippen molar-refractivity contribution in [3.05, 3.63) is 58.4 Å². The number of anilines is 2. The molecule has 0 amide bonds.